The lowest BCUT2D eigenvalue weighted by atomic mass is 10.0. The van der Waals surface area contributed by atoms with Gasteiger partial charge >= 0.3 is 6.18 Å². The zero-order valence-electron chi connectivity index (χ0n) is 14.5. The quantitative estimate of drug-likeness (QED) is 0.485. The summed E-state index contributed by atoms with van der Waals surface area (Å²) in [5.74, 6) is -0.408. The standard InChI is InChI=1S/C18H12F3N5O3/c19-18(20,21)13-2-9(10-4-24-25-5-10)1-12-15(27)3-14(26-16(12)13)17(28)23-7-11-6-22-8-29-11/h1-6,8H,7H2,(H,23,28)(H,24,25)(H,26,27). The van der Waals surface area contributed by atoms with E-state index in [0.717, 1.165) is 12.1 Å². The van der Waals surface area contributed by atoms with Crippen LogP contribution in [0.15, 0.2) is 52.4 Å². The molecule has 4 aromatic rings. The van der Waals surface area contributed by atoms with Crippen molar-refractivity contribution in [2.75, 3.05) is 0 Å². The Labute approximate surface area is 159 Å². The lowest BCUT2D eigenvalue weighted by molar-refractivity contribution is -0.136. The largest absolute Gasteiger partial charge is 0.447 e. The molecule has 0 aliphatic rings. The minimum absolute atomic E-state index is 0.0372. The molecular weight excluding hydrogens is 391 g/mol. The molecule has 29 heavy (non-hydrogen) atoms. The molecule has 3 heterocycles. The van der Waals surface area contributed by atoms with Gasteiger partial charge in [0.05, 0.1) is 30.0 Å². The Balaban J connectivity index is 1.81. The number of aromatic amines is 2. The second kappa shape index (κ2) is 6.93. The summed E-state index contributed by atoms with van der Waals surface area (Å²) in [4.78, 5) is 31.0. The average molecular weight is 403 g/mol. The Hall–Kier alpha value is -3.89. The minimum atomic E-state index is -4.75. The van der Waals surface area contributed by atoms with E-state index in [2.05, 4.69) is 25.5 Å². The lowest BCUT2D eigenvalue weighted by Gasteiger charge is -2.13. The van der Waals surface area contributed by atoms with Crippen LogP contribution in [0, 0.1) is 0 Å². The van der Waals surface area contributed by atoms with Crippen LogP contribution in [-0.2, 0) is 12.7 Å². The number of nitrogens with one attached hydrogen (secondary N) is 3. The van der Waals surface area contributed by atoms with Crippen molar-refractivity contribution < 1.29 is 22.4 Å². The van der Waals surface area contributed by atoms with Gasteiger partial charge in [-0.2, -0.15) is 18.3 Å². The van der Waals surface area contributed by atoms with Gasteiger partial charge in [0, 0.05) is 23.2 Å². The number of oxazole rings is 1. The van der Waals surface area contributed by atoms with Gasteiger partial charge in [0.2, 0.25) is 0 Å². The molecule has 3 aromatic heterocycles. The van der Waals surface area contributed by atoms with E-state index in [1.807, 2.05) is 0 Å². The average Bonchev–Trinajstić information content (AvgIpc) is 3.38. The van der Waals surface area contributed by atoms with E-state index in [1.165, 1.54) is 31.1 Å². The number of benzene rings is 1. The second-order valence-corrected chi connectivity index (χ2v) is 6.13. The molecule has 0 saturated carbocycles. The van der Waals surface area contributed by atoms with Gasteiger partial charge in [0.1, 0.15) is 11.5 Å². The number of rotatable bonds is 4. The second-order valence-electron chi connectivity index (χ2n) is 6.13. The number of H-pyrrole nitrogens is 2. The van der Waals surface area contributed by atoms with Crippen molar-refractivity contribution >= 4 is 16.8 Å². The van der Waals surface area contributed by atoms with Crippen molar-refractivity contribution in [2.45, 2.75) is 12.7 Å². The predicted octanol–water partition coefficient (Wildman–Crippen LogP) is 2.86. The number of amides is 1. The van der Waals surface area contributed by atoms with Crippen molar-refractivity contribution in [3.8, 4) is 11.1 Å². The topological polar surface area (TPSA) is 117 Å². The molecule has 1 amide bonds. The van der Waals surface area contributed by atoms with Crippen molar-refractivity contribution in [3.63, 3.8) is 0 Å². The number of fused-ring (bicyclic) bond motifs is 1. The summed E-state index contributed by atoms with van der Waals surface area (Å²) < 4.78 is 46.0. The van der Waals surface area contributed by atoms with Gasteiger partial charge in [-0.05, 0) is 17.7 Å². The molecule has 4 rings (SSSR count). The molecule has 148 valence electrons. The van der Waals surface area contributed by atoms with Crippen molar-refractivity contribution in [2.24, 2.45) is 0 Å². The third-order valence-electron chi connectivity index (χ3n) is 4.23. The van der Waals surface area contributed by atoms with Crippen LogP contribution < -0.4 is 10.7 Å². The van der Waals surface area contributed by atoms with Crippen LogP contribution in [0.25, 0.3) is 22.0 Å². The Morgan fingerprint density at radius 2 is 2.00 bits per heavy atom. The number of aromatic nitrogens is 4. The first kappa shape index (κ1) is 18.5. The van der Waals surface area contributed by atoms with Crippen LogP contribution in [0.4, 0.5) is 13.2 Å². The summed E-state index contributed by atoms with van der Waals surface area (Å²) in [5.41, 5.74) is -1.99. The fraction of sp³-hybridized carbons (Fsp3) is 0.111. The molecule has 0 unspecified atom stereocenters. The highest BCUT2D eigenvalue weighted by Gasteiger charge is 2.34. The Morgan fingerprint density at radius 1 is 1.17 bits per heavy atom. The number of alkyl halides is 3. The summed E-state index contributed by atoms with van der Waals surface area (Å²) in [6, 6.07) is 3.18. The van der Waals surface area contributed by atoms with Gasteiger partial charge in [0.15, 0.2) is 11.8 Å². The van der Waals surface area contributed by atoms with E-state index < -0.39 is 28.6 Å². The number of nitrogens with zero attached hydrogens (tertiary/aromatic N) is 2. The first-order valence-corrected chi connectivity index (χ1v) is 8.26. The lowest BCUT2D eigenvalue weighted by Crippen LogP contribution is -2.25. The Kier molecular flexibility index (Phi) is 4.41. The number of carbonyl (C=O) groups is 1. The Morgan fingerprint density at radius 3 is 2.66 bits per heavy atom. The van der Waals surface area contributed by atoms with Crippen LogP contribution in [0.3, 0.4) is 0 Å². The molecule has 0 aliphatic carbocycles. The van der Waals surface area contributed by atoms with Crippen LogP contribution in [0.1, 0.15) is 21.8 Å². The highest BCUT2D eigenvalue weighted by Crippen LogP contribution is 2.36. The predicted molar refractivity (Wildman–Crippen MR) is 94.8 cm³/mol. The normalized spacial score (nSPS) is 11.7. The zero-order chi connectivity index (χ0) is 20.6. The van der Waals surface area contributed by atoms with E-state index in [-0.39, 0.29) is 23.2 Å². The van der Waals surface area contributed by atoms with E-state index in [4.69, 9.17) is 4.42 Å². The fourth-order valence-corrected chi connectivity index (χ4v) is 2.86. The van der Waals surface area contributed by atoms with Crippen LogP contribution >= 0.6 is 0 Å². The highest BCUT2D eigenvalue weighted by atomic mass is 19.4. The van der Waals surface area contributed by atoms with Crippen molar-refractivity contribution in [3.05, 3.63) is 70.4 Å². The maximum absolute atomic E-state index is 13.7. The summed E-state index contributed by atoms with van der Waals surface area (Å²) in [6.45, 7) is -0.0372. The molecule has 0 atom stereocenters. The maximum atomic E-state index is 13.7. The summed E-state index contributed by atoms with van der Waals surface area (Å²) in [5, 5.41) is 8.49. The van der Waals surface area contributed by atoms with E-state index >= 15 is 0 Å². The highest BCUT2D eigenvalue weighted by molar-refractivity contribution is 5.96. The third kappa shape index (κ3) is 3.61. The SMILES string of the molecule is O=C(NCc1cnco1)c1cc(=O)c2cc(-c3cn[nH]c3)cc(C(F)(F)F)c2[nH]1. The van der Waals surface area contributed by atoms with Gasteiger partial charge in [-0.1, -0.05) is 0 Å². The van der Waals surface area contributed by atoms with Gasteiger partial charge in [-0.25, -0.2) is 4.98 Å². The summed E-state index contributed by atoms with van der Waals surface area (Å²) in [7, 11) is 0. The summed E-state index contributed by atoms with van der Waals surface area (Å²) >= 11 is 0. The zero-order valence-corrected chi connectivity index (χ0v) is 14.5. The molecule has 0 spiro atoms. The number of hydrogen-bond donors (Lipinski definition) is 3. The van der Waals surface area contributed by atoms with Gasteiger partial charge in [-0.15, -0.1) is 0 Å². The van der Waals surface area contributed by atoms with E-state index in [0.29, 0.717) is 11.3 Å². The molecule has 0 saturated heterocycles. The molecule has 1 aromatic carbocycles. The molecule has 0 radical (unpaired) electrons. The Bertz CT molecular complexity index is 1230. The third-order valence-corrected chi connectivity index (χ3v) is 4.23. The molecular formula is C18H12F3N5O3. The maximum Gasteiger partial charge on any atom is 0.418 e. The van der Waals surface area contributed by atoms with Crippen LogP contribution in [-0.4, -0.2) is 26.1 Å². The van der Waals surface area contributed by atoms with Gasteiger partial charge in [0.25, 0.3) is 5.91 Å². The monoisotopic (exact) mass is 403 g/mol. The number of hydrogen-bond acceptors (Lipinski definition) is 5. The molecule has 11 heteroatoms. The minimum Gasteiger partial charge on any atom is -0.447 e. The van der Waals surface area contributed by atoms with Gasteiger partial charge < -0.3 is 14.7 Å². The number of carbonyl (C=O) groups excluding carboxylic acids is 1. The van der Waals surface area contributed by atoms with E-state index in [1.54, 1.807) is 0 Å². The summed E-state index contributed by atoms with van der Waals surface area (Å²) in [6.07, 6.45) is 0.562. The van der Waals surface area contributed by atoms with E-state index in [9.17, 15) is 22.8 Å². The van der Waals surface area contributed by atoms with Gasteiger partial charge in [-0.3, -0.25) is 14.7 Å². The number of pyridine rings is 1. The van der Waals surface area contributed by atoms with Crippen LogP contribution in [0.5, 0.6) is 0 Å². The smallest absolute Gasteiger partial charge is 0.418 e. The van der Waals surface area contributed by atoms with Crippen LogP contribution in [0.2, 0.25) is 0 Å². The number of halogens is 3. The molecule has 0 fully saturated rings. The first-order chi connectivity index (χ1) is 13.8. The molecule has 0 aliphatic heterocycles. The first-order valence-electron chi connectivity index (χ1n) is 8.26. The van der Waals surface area contributed by atoms with Crippen molar-refractivity contribution in [1.29, 1.82) is 0 Å². The molecule has 3 N–H and O–H groups in total. The van der Waals surface area contributed by atoms with Crippen molar-refractivity contribution in [1.82, 2.24) is 25.5 Å². The molecule has 0 bridgehead atoms. The molecule has 8 nitrogen and oxygen atoms in total. The fourth-order valence-electron chi connectivity index (χ4n) is 2.86.